The van der Waals surface area contributed by atoms with Crippen molar-refractivity contribution in [3.8, 4) is 11.4 Å². The number of rotatable bonds is 8. The van der Waals surface area contributed by atoms with E-state index in [4.69, 9.17) is 4.98 Å². The second kappa shape index (κ2) is 11.1. The van der Waals surface area contributed by atoms with Gasteiger partial charge in [0.05, 0.1) is 23.3 Å². The van der Waals surface area contributed by atoms with E-state index >= 15 is 0 Å². The SMILES string of the molecule is CC1(C)[C@H]2CC[C@@H](CCN3[C@@H]4CCC[C@H]3CC(n3c(=O)c(-c5cccc(=O)n5CC(=O)CO)nc5ccccc53)C4)[C@@H]1C2. The zero-order valence-corrected chi connectivity index (χ0v) is 25.5. The van der Waals surface area contributed by atoms with Crippen LogP contribution >= 0.6 is 0 Å². The Balaban J connectivity index is 1.20. The fourth-order valence-electron chi connectivity index (χ4n) is 9.45. The van der Waals surface area contributed by atoms with Crippen molar-refractivity contribution < 1.29 is 9.90 Å². The molecule has 0 amide bonds. The molecule has 2 aromatic heterocycles. The molecule has 2 aliphatic heterocycles. The van der Waals surface area contributed by atoms with Gasteiger partial charge in [0, 0.05) is 24.2 Å². The number of hydrogen-bond acceptors (Lipinski definition) is 6. The quantitative estimate of drug-likeness (QED) is 0.408. The van der Waals surface area contributed by atoms with Crippen LogP contribution in [-0.4, -0.2) is 55.1 Å². The molecule has 0 spiro atoms. The van der Waals surface area contributed by atoms with Gasteiger partial charge in [0.1, 0.15) is 6.61 Å². The molecule has 1 aromatic carbocycles. The number of aliphatic hydroxyl groups excluding tert-OH is 1. The highest BCUT2D eigenvalue weighted by molar-refractivity contribution is 5.80. The fourth-order valence-corrected chi connectivity index (χ4v) is 9.45. The van der Waals surface area contributed by atoms with Crippen molar-refractivity contribution in [1.82, 2.24) is 19.0 Å². The second-order valence-electron chi connectivity index (χ2n) is 14.2. The van der Waals surface area contributed by atoms with Crippen LogP contribution in [0.15, 0.2) is 52.1 Å². The maximum Gasteiger partial charge on any atom is 0.279 e. The normalized spacial score (nSPS) is 29.7. The first-order chi connectivity index (χ1) is 20.8. The number of pyridine rings is 1. The van der Waals surface area contributed by atoms with Gasteiger partial charge in [-0.25, -0.2) is 4.98 Å². The number of nitrogens with zero attached hydrogens (tertiary/aromatic N) is 4. The predicted molar refractivity (Wildman–Crippen MR) is 167 cm³/mol. The number of benzene rings is 1. The molecule has 6 atom stereocenters. The molecule has 5 fully saturated rings. The van der Waals surface area contributed by atoms with Crippen LogP contribution in [0.5, 0.6) is 0 Å². The Morgan fingerprint density at radius 1 is 0.953 bits per heavy atom. The van der Waals surface area contributed by atoms with Crippen LogP contribution in [0.25, 0.3) is 22.4 Å². The highest BCUT2D eigenvalue weighted by Gasteiger charge is 2.54. The van der Waals surface area contributed by atoms with E-state index in [9.17, 15) is 19.5 Å². The van der Waals surface area contributed by atoms with Gasteiger partial charge in [-0.1, -0.05) is 38.5 Å². The molecule has 8 heteroatoms. The molecule has 2 saturated heterocycles. The summed E-state index contributed by atoms with van der Waals surface area (Å²) >= 11 is 0. The highest BCUT2D eigenvalue weighted by atomic mass is 16.3. The number of Topliss-reactive ketones (excluding diaryl/α,β-unsaturated/α-hetero) is 1. The summed E-state index contributed by atoms with van der Waals surface area (Å²) in [6, 6.07) is 13.3. The van der Waals surface area contributed by atoms with Crippen molar-refractivity contribution in [3.05, 3.63) is 63.2 Å². The van der Waals surface area contributed by atoms with Gasteiger partial charge in [-0.2, -0.15) is 0 Å². The fraction of sp³-hybridized carbons (Fsp3) is 0.600. The zero-order valence-electron chi connectivity index (χ0n) is 25.5. The van der Waals surface area contributed by atoms with Crippen LogP contribution in [0.1, 0.15) is 77.7 Å². The van der Waals surface area contributed by atoms with Crippen LogP contribution in [-0.2, 0) is 11.3 Å². The molecule has 8 rings (SSSR count). The van der Waals surface area contributed by atoms with E-state index in [0.717, 1.165) is 42.7 Å². The highest BCUT2D eigenvalue weighted by Crippen LogP contribution is 2.62. The Morgan fingerprint density at radius 3 is 2.44 bits per heavy atom. The first-order valence-electron chi connectivity index (χ1n) is 16.4. The molecule has 4 bridgehead atoms. The lowest BCUT2D eigenvalue weighted by Crippen LogP contribution is -2.55. The maximum absolute atomic E-state index is 14.4. The lowest BCUT2D eigenvalue weighted by Gasteiger charge is -2.60. The lowest BCUT2D eigenvalue weighted by atomic mass is 9.45. The largest absolute Gasteiger partial charge is 0.389 e. The summed E-state index contributed by atoms with van der Waals surface area (Å²) in [7, 11) is 0. The Hall–Kier alpha value is -3.10. The van der Waals surface area contributed by atoms with E-state index in [1.807, 2.05) is 28.8 Å². The van der Waals surface area contributed by atoms with Crippen LogP contribution in [0.4, 0.5) is 0 Å². The van der Waals surface area contributed by atoms with Crippen molar-refractivity contribution in [2.45, 2.75) is 96.3 Å². The molecular formula is C35H44N4O4. The minimum atomic E-state index is -0.669. The molecule has 3 aromatic rings. The van der Waals surface area contributed by atoms with E-state index in [2.05, 4.69) is 18.7 Å². The molecule has 3 aliphatic carbocycles. The maximum atomic E-state index is 14.4. The second-order valence-corrected chi connectivity index (χ2v) is 14.2. The molecule has 43 heavy (non-hydrogen) atoms. The predicted octanol–water partition coefficient (Wildman–Crippen LogP) is 4.81. The van der Waals surface area contributed by atoms with Crippen LogP contribution < -0.4 is 11.1 Å². The molecule has 4 heterocycles. The summed E-state index contributed by atoms with van der Waals surface area (Å²) < 4.78 is 3.20. The third-order valence-electron chi connectivity index (χ3n) is 11.8. The summed E-state index contributed by atoms with van der Waals surface area (Å²) in [6.45, 7) is 5.17. The Morgan fingerprint density at radius 2 is 1.72 bits per heavy atom. The van der Waals surface area contributed by atoms with Gasteiger partial charge in [-0.15, -0.1) is 0 Å². The molecule has 1 unspecified atom stereocenters. The summed E-state index contributed by atoms with van der Waals surface area (Å²) in [5.74, 6) is 2.16. The minimum absolute atomic E-state index is 0.0367. The van der Waals surface area contributed by atoms with Crippen molar-refractivity contribution in [2.24, 2.45) is 23.2 Å². The molecule has 1 N–H and O–H groups in total. The number of carbonyl (C=O) groups excluding carboxylic acids is 1. The Bertz CT molecular complexity index is 1640. The number of piperidine rings is 2. The summed E-state index contributed by atoms with van der Waals surface area (Å²) in [6.07, 6.45) is 10.9. The minimum Gasteiger partial charge on any atom is -0.389 e. The number of fused-ring (bicyclic) bond motifs is 5. The van der Waals surface area contributed by atoms with Crippen LogP contribution in [0.2, 0.25) is 0 Å². The summed E-state index contributed by atoms with van der Waals surface area (Å²) in [4.78, 5) is 46.9. The van der Waals surface area contributed by atoms with E-state index in [1.165, 1.54) is 55.6 Å². The number of aliphatic hydroxyl groups is 1. The van der Waals surface area contributed by atoms with Gasteiger partial charge >= 0.3 is 0 Å². The standard InChI is InChI=1S/C35H44N4O4/c1-35(2)23-14-13-22(28(35)17-23)15-16-37-24-7-5-8-25(37)19-26(18-24)39-30-10-4-3-9-29(30)36-33(34(39)43)31-11-6-12-32(42)38(31)20-27(41)21-40/h3-4,6,9-12,22-26,28,40H,5,7-8,13-21H2,1-2H3/t22-,23-,24-,25+,26?,28-/m0/s1. The smallest absolute Gasteiger partial charge is 0.279 e. The topological polar surface area (TPSA) is 97.4 Å². The van der Waals surface area contributed by atoms with Crippen LogP contribution in [0, 0.1) is 23.2 Å². The summed E-state index contributed by atoms with van der Waals surface area (Å²) in [5, 5.41) is 9.36. The third kappa shape index (κ3) is 4.91. The van der Waals surface area contributed by atoms with Gasteiger partial charge in [-0.3, -0.25) is 23.9 Å². The number of para-hydroxylation sites is 2. The van der Waals surface area contributed by atoms with E-state index in [1.54, 1.807) is 12.1 Å². The average molecular weight is 585 g/mol. The van der Waals surface area contributed by atoms with Crippen molar-refractivity contribution >= 4 is 16.8 Å². The zero-order chi connectivity index (χ0) is 29.9. The monoisotopic (exact) mass is 584 g/mol. The number of carbonyl (C=O) groups is 1. The first-order valence-corrected chi connectivity index (χ1v) is 16.4. The van der Waals surface area contributed by atoms with Gasteiger partial charge in [0.2, 0.25) is 0 Å². The van der Waals surface area contributed by atoms with E-state index in [0.29, 0.717) is 28.7 Å². The van der Waals surface area contributed by atoms with Crippen molar-refractivity contribution in [1.29, 1.82) is 0 Å². The van der Waals surface area contributed by atoms with Crippen molar-refractivity contribution in [2.75, 3.05) is 13.2 Å². The third-order valence-corrected chi connectivity index (χ3v) is 11.8. The molecule has 3 saturated carbocycles. The molecule has 8 nitrogen and oxygen atoms in total. The Kier molecular flexibility index (Phi) is 7.41. The number of hydrogen-bond donors (Lipinski definition) is 1. The molecular weight excluding hydrogens is 540 g/mol. The lowest BCUT2D eigenvalue weighted by molar-refractivity contribution is -0.122. The number of aromatic nitrogens is 3. The van der Waals surface area contributed by atoms with Crippen molar-refractivity contribution in [3.63, 3.8) is 0 Å². The van der Waals surface area contributed by atoms with Gasteiger partial charge in [0.25, 0.3) is 11.1 Å². The first kappa shape index (κ1) is 28.7. The van der Waals surface area contributed by atoms with Gasteiger partial charge in [0.15, 0.2) is 11.5 Å². The average Bonchev–Trinajstić information content (AvgIpc) is 3.00. The van der Waals surface area contributed by atoms with E-state index in [-0.39, 0.29) is 23.8 Å². The van der Waals surface area contributed by atoms with Crippen LogP contribution in [0.3, 0.4) is 0 Å². The molecule has 5 aliphatic rings. The van der Waals surface area contributed by atoms with Gasteiger partial charge < -0.3 is 9.67 Å². The van der Waals surface area contributed by atoms with Gasteiger partial charge in [-0.05, 0) is 99.3 Å². The van der Waals surface area contributed by atoms with E-state index < -0.39 is 17.9 Å². The molecule has 228 valence electrons. The number of ketones is 1. The molecule has 0 radical (unpaired) electrons. The Labute approximate surface area is 252 Å². The summed E-state index contributed by atoms with van der Waals surface area (Å²) in [5.41, 5.74) is 1.88.